The number of hydrogen-bond acceptors (Lipinski definition) is 5. The predicted octanol–water partition coefficient (Wildman–Crippen LogP) is -0.135. The van der Waals surface area contributed by atoms with E-state index in [4.69, 9.17) is 5.11 Å². The van der Waals surface area contributed by atoms with Gasteiger partial charge in [0.25, 0.3) is 0 Å². The van der Waals surface area contributed by atoms with Crippen molar-refractivity contribution in [3.63, 3.8) is 0 Å². The zero-order valence-electron chi connectivity index (χ0n) is 9.01. The number of carbonyl (C=O) groups is 2. The van der Waals surface area contributed by atoms with Gasteiger partial charge in [0, 0.05) is 6.04 Å². The third-order valence-electron chi connectivity index (χ3n) is 2.23. The number of rotatable bonds is 5. The third-order valence-corrected chi connectivity index (χ3v) is 2.23. The normalized spacial score (nSPS) is 14.1. The molecule has 3 N–H and O–H groups in total. The molecule has 7 nitrogen and oxygen atoms in total. The smallest absolute Gasteiger partial charge is 0.356 e. The van der Waals surface area contributed by atoms with E-state index in [-0.39, 0.29) is 24.0 Å². The van der Waals surface area contributed by atoms with Crippen molar-refractivity contribution in [3.8, 4) is 0 Å². The Balaban J connectivity index is 1.87. The lowest BCUT2D eigenvalue weighted by Crippen LogP contribution is -2.31. The molecule has 0 unspecified atom stereocenters. The van der Waals surface area contributed by atoms with E-state index in [2.05, 4.69) is 20.6 Å². The van der Waals surface area contributed by atoms with Crippen LogP contribution in [-0.2, 0) is 4.79 Å². The first-order chi connectivity index (χ1) is 8.15. The van der Waals surface area contributed by atoms with Crippen LogP contribution in [-0.4, -0.2) is 39.5 Å². The molecule has 0 saturated heterocycles. The summed E-state index contributed by atoms with van der Waals surface area (Å²) in [6.45, 7) is 0.0637. The lowest BCUT2D eigenvalue weighted by atomic mass is 10.4. The minimum atomic E-state index is -1.15. The van der Waals surface area contributed by atoms with Gasteiger partial charge in [-0.05, 0) is 12.8 Å². The molecule has 1 saturated carbocycles. The van der Waals surface area contributed by atoms with Gasteiger partial charge in [0.15, 0.2) is 5.69 Å². The van der Waals surface area contributed by atoms with Gasteiger partial charge in [-0.25, -0.2) is 9.78 Å². The highest BCUT2D eigenvalue weighted by atomic mass is 16.4. The molecule has 1 amide bonds. The molecule has 1 aromatic heterocycles. The van der Waals surface area contributed by atoms with E-state index in [9.17, 15) is 9.59 Å². The van der Waals surface area contributed by atoms with Crippen LogP contribution < -0.4 is 10.6 Å². The fourth-order valence-electron chi connectivity index (χ4n) is 1.23. The minimum absolute atomic E-state index is 0.0637. The molecule has 0 bridgehead atoms. The average Bonchev–Trinajstić information content (AvgIpc) is 3.11. The molecule has 1 fully saturated rings. The van der Waals surface area contributed by atoms with Crippen molar-refractivity contribution in [2.45, 2.75) is 18.9 Å². The summed E-state index contributed by atoms with van der Waals surface area (Å²) in [5, 5.41) is 14.2. The Morgan fingerprint density at radius 2 is 2.18 bits per heavy atom. The number of carbonyl (C=O) groups excluding carboxylic acids is 1. The van der Waals surface area contributed by atoms with Gasteiger partial charge in [0.05, 0.1) is 18.9 Å². The fourth-order valence-corrected chi connectivity index (χ4v) is 1.23. The Morgan fingerprint density at radius 3 is 2.82 bits per heavy atom. The highest BCUT2D eigenvalue weighted by Crippen LogP contribution is 2.18. The molecular weight excluding hydrogens is 224 g/mol. The monoisotopic (exact) mass is 236 g/mol. The lowest BCUT2D eigenvalue weighted by Gasteiger charge is -2.06. The first kappa shape index (κ1) is 11.3. The van der Waals surface area contributed by atoms with Crippen LogP contribution in [0.5, 0.6) is 0 Å². The largest absolute Gasteiger partial charge is 0.476 e. The standard InChI is InChI=1S/C10H12N4O3/c15-9(13-6-1-2-6)5-12-8-4-11-3-7(14-8)10(16)17/h3-4,6H,1-2,5H2,(H,12,14)(H,13,15)(H,16,17). The second-order valence-corrected chi connectivity index (χ2v) is 3.79. The Morgan fingerprint density at radius 1 is 1.41 bits per heavy atom. The van der Waals surface area contributed by atoms with E-state index in [1.54, 1.807) is 0 Å². The van der Waals surface area contributed by atoms with E-state index in [0.29, 0.717) is 6.04 Å². The van der Waals surface area contributed by atoms with Crippen LogP contribution >= 0.6 is 0 Å². The highest BCUT2D eigenvalue weighted by Gasteiger charge is 2.22. The number of nitrogens with one attached hydrogen (secondary N) is 2. The van der Waals surface area contributed by atoms with Crippen LogP contribution in [0.4, 0.5) is 5.82 Å². The van der Waals surface area contributed by atoms with E-state index in [1.807, 2.05) is 0 Å². The molecule has 1 heterocycles. The molecule has 0 aromatic carbocycles. The van der Waals surface area contributed by atoms with Gasteiger partial charge in [0.1, 0.15) is 5.82 Å². The van der Waals surface area contributed by atoms with Crippen molar-refractivity contribution in [1.29, 1.82) is 0 Å². The van der Waals surface area contributed by atoms with Gasteiger partial charge >= 0.3 is 5.97 Å². The maximum Gasteiger partial charge on any atom is 0.356 e. The van der Waals surface area contributed by atoms with E-state index in [1.165, 1.54) is 6.20 Å². The number of carboxylic acid groups (broad SMARTS) is 1. The van der Waals surface area contributed by atoms with Gasteiger partial charge in [-0.2, -0.15) is 0 Å². The molecule has 0 atom stereocenters. The molecule has 1 aliphatic rings. The minimum Gasteiger partial charge on any atom is -0.476 e. The zero-order valence-corrected chi connectivity index (χ0v) is 9.01. The number of aromatic carboxylic acids is 1. The van der Waals surface area contributed by atoms with Gasteiger partial charge < -0.3 is 15.7 Å². The molecule has 1 aliphatic carbocycles. The highest BCUT2D eigenvalue weighted by molar-refractivity contribution is 5.85. The molecule has 90 valence electrons. The second kappa shape index (κ2) is 4.77. The van der Waals surface area contributed by atoms with Crippen LogP contribution in [0, 0.1) is 0 Å². The van der Waals surface area contributed by atoms with Crippen molar-refractivity contribution in [1.82, 2.24) is 15.3 Å². The molecule has 2 rings (SSSR count). The number of nitrogens with zero attached hydrogens (tertiary/aromatic N) is 2. The first-order valence-electron chi connectivity index (χ1n) is 5.24. The lowest BCUT2D eigenvalue weighted by molar-refractivity contribution is -0.119. The Labute approximate surface area is 97.3 Å². The quantitative estimate of drug-likeness (QED) is 0.657. The SMILES string of the molecule is O=C(CNc1cncc(C(=O)O)n1)NC1CC1. The van der Waals surface area contributed by atoms with E-state index in [0.717, 1.165) is 19.0 Å². The Kier molecular flexibility index (Phi) is 3.17. The molecule has 0 spiro atoms. The maximum absolute atomic E-state index is 11.3. The summed E-state index contributed by atoms with van der Waals surface area (Å²) in [5.41, 5.74) is -0.155. The van der Waals surface area contributed by atoms with Crippen LogP contribution in [0.1, 0.15) is 23.3 Å². The van der Waals surface area contributed by atoms with Gasteiger partial charge in [-0.1, -0.05) is 0 Å². The van der Waals surface area contributed by atoms with Crippen molar-refractivity contribution in [2.24, 2.45) is 0 Å². The van der Waals surface area contributed by atoms with E-state index < -0.39 is 5.97 Å². The van der Waals surface area contributed by atoms with Crippen molar-refractivity contribution in [2.75, 3.05) is 11.9 Å². The Bertz CT molecular complexity index is 445. The van der Waals surface area contributed by atoms with Crippen molar-refractivity contribution < 1.29 is 14.7 Å². The van der Waals surface area contributed by atoms with Crippen LogP contribution in [0.15, 0.2) is 12.4 Å². The molecule has 0 aliphatic heterocycles. The first-order valence-corrected chi connectivity index (χ1v) is 5.24. The van der Waals surface area contributed by atoms with Gasteiger partial charge in [0.2, 0.25) is 5.91 Å². The summed E-state index contributed by atoms with van der Waals surface area (Å²) >= 11 is 0. The van der Waals surface area contributed by atoms with Crippen LogP contribution in [0.25, 0.3) is 0 Å². The maximum atomic E-state index is 11.3. The van der Waals surface area contributed by atoms with Gasteiger partial charge in [-0.3, -0.25) is 9.78 Å². The topological polar surface area (TPSA) is 104 Å². The number of aromatic nitrogens is 2. The number of amides is 1. The third kappa shape index (κ3) is 3.40. The summed E-state index contributed by atoms with van der Waals surface area (Å²) < 4.78 is 0. The summed E-state index contributed by atoms with van der Waals surface area (Å²) in [7, 11) is 0. The van der Waals surface area contributed by atoms with Crippen molar-refractivity contribution in [3.05, 3.63) is 18.1 Å². The van der Waals surface area contributed by atoms with Gasteiger partial charge in [-0.15, -0.1) is 0 Å². The van der Waals surface area contributed by atoms with Crippen LogP contribution in [0.2, 0.25) is 0 Å². The fraction of sp³-hybridized carbons (Fsp3) is 0.400. The number of carboxylic acids is 1. The summed E-state index contributed by atoms with van der Waals surface area (Å²) in [6, 6.07) is 0.306. The van der Waals surface area contributed by atoms with Crippen LogP contribution in [0.3, 0.4) is 0 Å². The number of hydrogen-bond donors (Lipinski definition) is 3. The molecule has 17 heavy (non-hydrogen) atoms. The molecule has 1 aromatic rings. The van der Waals surface area contributed by atoms with E-state index >= 15 is 0 Å². The molecule has 7 heteroatoms. The summed E-state index contributed by atoms with van der Waals surface area (Å²) in [4.78, 5) is 29.5. The molecular formula is C10H12N4O3. The Hall–Kier alpha value is -2.18. The predicted molar refractivity (Wildman–Crippen MR) is 58.6 cm³/mol. The molecule has 0 radical (unpaired) electrons. The average molecular weight is 236 g/mol. The number of anilines is 1. The zero-order chi connectivity index (χ0) is 12.3. The summed E-state index contributed by atoms with van der Waals surface area (Å²) in [5.74, 6) is -1.01. The summed E-state index contributed by atoms with van der Waals surface area (Å²) in [6.07, 6.45) is 4.58. The second-order valence-electron chi connectivity index (χ2n) is 3.79. The van der Waals surface area contributed by atoms with Crippen molar-refractivity contribution >= 4 is 17.7 Å².